The third kappa shape index (κ3) is 3.23. The van der Waals surface area contributed by atoms with Gasteiger partial charge in [-0.05, 0) is 41.3 Å². The molecule has 0 N–H and O–H groups in total. The summed E-state index contributed by atoms with van der Waals surface area (Å²) in [5.41, 5.74) is 0.311. The fraction of sp³-hybridized carbons (Fsp3) is 1.00. The lowest BCUT2D eigenvalue weighted by molar-refractivity contribution is 0.0845. The Hall–Kier alpha value is -0.160. The average Bonchev–Trinajstić information content (AvgIpc) is 2.86. The lowest BCUT2D eigenvalue weighted by Crippen LogP contribution is -2.48. The van der Waals surface area contributed by atoms with Gasteiger partial charge in [0.05, 0.1) is 13.3 Å². The Kier molecular flexibility index (Phi) is 4.32. The second kappa shape index (κ2) is 5.45. The van der Waals surface area contributed by atoms with Crippen LogP contribution in [0.15, 0.2) is 0 Å². The molecule has 0 bridgehead atoms. The summed E-state index contributed by atoms with van der Waals surface area (Å²) in [5.74, 6) is 0. The van der Waals surface area contributed by atoms with Crippen LogP contribution in [-0.4, -0.2) is 84.8 Å². The Bertz CT molecular complexity index is 279. The SMILES string of the molecule is CC(CC(C)(C)N1CCN(C)C1)N1CCN(C)C1. The van der Waals surface area contributed by atoms with E-state index in [0.717, 1.165) is 13.3 Å². The van der Waals surface area contributed by atoms with Crippen LogP contribution in [0.2, 0.25) is 0 Å². The summed E-state index contributed by atoms with van der Waals surface area (Å²) in [6.07, 6.45) is 1.26. The zero-order valence-electron chi connectivity index (χ0n) is 12.8. The largest absolute Gasteiger partial charge is 0.292 e. The number of hydrogen-bond donors (Lipinski definition) is 0. The summed E-state index contributed by atoms with van der Waals surface area (Å²) in [7, 11) is 4.43. The second-order valence-electron chi connectivity index (χ2n) is 6.88. The van der Waals surface area contributed by atoms with Crippen LogP contribution in [0.3, 0.4) is 0 Å². The predicted molar refractivity (Wildman–Crippen MR) is 76.6 cm³/mol. The molecule has 2 rings (SSSR count). The smallest absolute Gasteiger partial charge is 0.0509 e. The van der Waals surface area contributed by atoms with Crippen LogP contribution >= 0.6 is 0 Å². The zero-order chi connectivity index (χ0) is 13.3. The zero-order valence-corrected chi connectivity index (χ0v) is 12.8. The van der Waals surface area contributed by atoms with Crippen LogP contribution in [0.1, 0.15) is 27.2 Å². The minimum absolute atomic E-state index is 0.311. The van der Waals surface area contributed by atoms with E-state index in [-0.39, 0.29) is 0 Å². The molecule has 0 aromatic heterocycles. The fourth-order valence-corrected chi connectivity index (χ4v) is 3.31. The van der Waals surface area contributed by atoms with Crippen molar-refractivity contribution >= 4 is 0 Å². The maximum Gasteiger partial charge on any atom is 0.0509 e. The van der Waals surface area contributed by atoms with Crippen molar-refractivity contribution in [3.8, 4) is 0 Å². The summed E-state index contributed by atoms with van der Waals surface area (Å²) in [5, 5.41) is 0. The Balaban J connectivity index is 1.87. The Labute approximate surface area is 113 Å². The molecule has 2 heterocycles. The van der Waals surface area contributed by atoms with Crippen molar-refractivity contribution in [1.29, 1.82) is 0 Å². The lowest BCUT2D eigenvalue weighted by atomic mass is 9.93. The van der Waals surface area contributed by atoms with E-state index in [4.69, 9.17) is 0 Å². The summed E-state index contributed by atoms with van der Waals surface area (Å²) in [6, 6.07) is 0.677. The Morgan fingerprint density at radius 1 is 0.944 bits per heavy atom. The van der Waals surface area contributed by atoms with Crippen molar-refractivity contribution in [2.75, 3.05) is 53.6 Å². The molecule has 2 aliphatic heterocycles. The average molecular weight is 254 g/mol. The molecule has 0 radical (unpaired) electrons. The van der Waals surface area contributed by atoms with Gasteiger partial charge >= 0.3 is 0 Å². The van der Waals surface area contributed by atoms with E-state index in [0.29, 0.717) is 11.6 Å². The Morgan fingerprint density at radius 3 is 2.06 bits per heavy atom. The van der Waals surface area contributed by atoms with Gasteiger partial charge in [0.15, 0.2) is 0 Å². The van der Waals surface area contributed by atoms with Crippen molar-refractivity contribution in [1.82, 2.24) is 19.6 Å². The van der Waals surface area contributed by atoms with Crippen molar-refractivity contribution in [2.24, 2.45) is 0 Å². The quantitative estimate of drug-likeness (QED) is 0.740. The van der Waals surface area contributed by atoms with E-state index in [2.05, 4.69) is 54.5 Å². The van der Waals surface area contributed by atoms with Gasteiger partial charge in [-0.15, -0.1) is 0 Å². The highest BCUT2D eigenvalue weighted by molar-refractivity contribution is 4.89. The first-order valence-corrected chi connectivity index (χ1v) is 7.25. The van der Waals surface area contributed by atoms with Gasteiger partial charge in [0.25, 0.3) is 0 Å². The molecule has 18 heavy (non-hydrogen) atoms. The lowest BCUT2D eigenvalue weighted by Gasteiger charge is -2.39. The van der Waals surface area contributed by atoms with Crippen LogP contribution in [0.4, 0.5) is 0 Å². The van der Waals surface area contributed by atoms with Gasteiger partial charge in [0.2, 0.25) is 0 Å². The van der Waals surface area contributed by atoms with E-state index >= 15 is 0 Å². The van der Waals surface area contributed by atoms with E-state index in [1.54, 1.807) is 0 Å². The molecule has 2 aliphatic rings. The molecule has 0 aromatic carbocycles. The van der Waals surface area contributed by atoms with Gasteiger partial charge < -0.3 is 0 Å². The molecule has 2 saturated heterocycles. The highest BCUT2D eigenvalue weighted by atomic mass is 15.4. The van der Waals surface area contributed by atoms with Gasteiger partial charge in [-0.3, -0.25) is 19.6 Å². The first kappa shape index (κ1) is 14.3. The molecule has 0 aromatic rings. The molecule has 0 spiro atoms. The number of likely N-dealkylation sites (N-methyl/N-ethyl adjacent to an activating group) is 2. The van der Waals surface area contributed by atoms with Crippen molar-refractivity contribution in [2.45, 2.75) is 38.8 Å². The third-order valence-corrected chi connectivity index (χ3v) is 4.63. The first-order valence-electron chi connectivity index (χ1n) is 7.25. The summed E-state index contributed by atoms with van der Waals surface area (Å²) < 4.78 is 0. The minimum atomic E-state index is 0.311. The highest BCUT2D eigenvalue weighted by Crippen LogP contribution is 2.26. The van der Waals surface area contributed by atoms with Crippen LogP contribution in [0.25, 0.3) is 0 Å². The summed E-state index contributed by atoms with van der Waals surface area (Å²) in [4.78, 5) is 10.1. The van der Waals surface area contributed by atoms with Crippen molar-refractivity contribution < 1.29 is 0 Å². The van der Waals surface area contributed by atoms with Crippen LogP contribution in [-0.2, 0) is 0 Å². The summed E-state index contributed by atoms with van der Waals surface area (Å²) >= 11 is 0. The minimum Gasteiger partial charge on any atom is -0.292 e. The van der Waals surface area contributed by atoms with Gasteiger partial charge in [-0.2, -0.15) is 0 Å². The maximum absolute atomic E-state index is 2.63. The molecular weight excluding hydrogens is 224 g/mol. The molecule has 4 nitrogen and oxygen atoms in total. The third-order valence-electron chi connectivity index (χ3n) is 4.63. The number of hydrogen-bond acceptors (Lipinski definition) is 4. The highest BCUT2D eigenvalue weighted by Gasteiger charge is 2.34. The summed E-state index contributed by atoms with van der Waals surface area (Å²) in [6.45, 7) is 14.3. The molecule has 1 atom stereocenters. The van der Waals surface area contributed by atoms with Crippen molar-refractivity contribution in [3.05, 3.63) is 0 Å². The van der Waals surface area contributed by atoms with Gasteiger partial charge in [0.1, 0.15) is 0 Å². The van der Waals surface area contributed by atoms with E-state index in [9.17, 15) is 0 Å². The molecule has 4 heteroatoms. The molecular formula is C14H30N4. The number of nitrogens with zero attached hydrogens (tertiary/aromatic N) is 4. The van der Waals surface area contributed by atoms with Gasteiger partial charge in [0, 0.05) is 37.8 Å². The molecule has 106 valence electrons. The van der Waals surface area contributed by atoms with Gasteiger partial charge in [-0.1, -0.05) is 0 Å². The number of rotatable bonds is 4. The van der Waals surface area contributed by atoms with Crippen LogP contribution < -0.4 is 0 Å². The topological polar surface area (TPSA) is 13.0 Å². The van der Waals surface area contributed by atoms with E-state index in [1.165, 1.54) is 32.6 Å². The van der Waals surface area contributed by atoms with Crippen LogP contribution in [0.5, 0.6) is 0 Å². The van der Waals surface area contributed by atoms with Crippen molar-refractivity contribution in [3.63, 3.8) is 0 Å². The molecule has 0 aliphatic carbocycles. The van der Waals surface area contributed by atoms with E-state index < -0.39 is 0 Å². The maximum atomic E-state index is 2.63. The second-order valence-corrected chi connectivity index (χ2v) is 6.88. The molecule has 2 fully saturated rings. The molecule has 0 saturated carbocycles. The van der Waals surface area contributed by atoms with E-state index in [1.807, 2.05) is 0 Å². The van der Waals surface area contributed by atoms with Gasteiger partial charge in [-0.25, -0.2) is 0 Å². The first-order chi connectivity index (χ1) is 8.38. The standard InChI is InChI=1S/C14H30N4/c1-13(17-8-6-15(4)11-17)10-14(2,3)18-9-7-16(5)12-18/h13H,6-12H2,1-5H3. The Morgan fingerprint density at radius 2 is 1.56 bits per heavy atom. The predicted octanol–water partition coefficient (Wildman–Crippen LogP) is 0.953. The normalized spacial score (nSPS) is 27.2. The fourth-order valence-electron chi connectivity index (χ4n) is 3.31. The molecule has 0 amide bonds. The molecule has 1 unspecified atom stereocenters. The monoisotopic (exact) mass is 254 g/mol. The van der Waals surface area contributed by atoms with Crippen LogP contribution in [0, 0.1) is 0 Å².